The third kappa shape index (κ3) is 6.29. The van der Waals surface area contributed by atoms with Gasteiger partial charge in [0.2, 0.25) is 11.8 Å². The van der Waals surface area contributed by atoms with Gasteiger partial charge in [0.05, 0.1) is 17.8 Å². The average Bonchev–Trinajstić information content (AvgIpc) is 2.39. The van der Waals surface area contributed by atoms with Crippen molar-refractivity contribution >= 4 is 52.6 Å². The number of alkyl halides is 3. The van der Waals surface area contributed by atoms with Crippen molar-refractivity contribution < 1.29 is 19.5 Å². The fraction of sp³-hybridized carbons (Fsp3) is 0.667. The highest BCUT2D eigenvalue weighted by atomic mass is 35.5. The molecule has 0 rings (SSSR count). The van der Waals surface area contributed by atoms with Crippen LogP contribution in [0.4, 0.5) is 0 Å². The van der Waals surface area contributed by atoms with Crippen molar-refractivity contribution in [3.05, 3.63) is 0 Å². The number of halogens is 3. The average molecular weight is 335 g/mol. The first-order valence-corrected chi connectivity index (χ1v) is 6.74. The minimum Gasteiger partial charge on any atom is -0.480 e. The van der Waals surface area contributed by atoms with Crippen molar-refractivity contribution in [2.75, 3.05) is 17.6 Å². The Balaban J connectivity index is 4.56. The molecule has 0 aliphatic heterocycles. The molecule has 0 unspecified atom stereocenters. The van der Waals surface area contributed by atoms with E-state index in [-0.39, 0.29) is 17.6 Å². The minimum absolute atomic E-state index is 0.123. The summed E-state index contributed by atoms with van der Waals surface area (Å²) in [5, 5.41) is 13.1. The molecule has 0 heterocycles. The van der Waals surface area contributed by atoms with Crippen LogP contribution < -0.4 is 16.4 Å². The van der Waals surface area contributed by atoms with Crippen molar-refractivity contribution in [2.24, 2.45) is 5.73 Å². The molecule has 5 N–H and O–H groups in total. The summed E-state index contributed by atoms with van der Waals surface area (Å²) in [4.78, 5) is 33.8. The van der Waals surface area contributed by atoms with Gasteiger partial charge in [-0.2, -0.15) is 0 Å². The summed E-state index contributed by atoms with van der Waals surface area (Å²) in [6.45, 7) is 0. The molecule has 0 bridgehead atoms. The smallest absolute Gasteiger partial charge is 0.327 e. The molecule has 7 nitrogen and oxygen atoms in total. The molecule has 2 amide bonds. The predicted molar refractivity (Wildman–Crippen MR) is 71.6 cm³/mol. The Bertz CT molecular complexity index is 343. The number of carbonyl (C=O) groups is 3. The molecule has 0 aromatic heterocycles. The lowest BCUT2D eigenvalue weighted by Gasteiger charge is -2.19. The minimum atomic E-state index is -1.29. The van der Waals surface area contributed by atoms with Gasteiger partial charge in [0, 0.05) is 5.88 Å². The van der Waals surface area contributed by atoms with E-state index in [9.17, 15) is 14.4 Å². The normalized spacial score (nSPS) is 15.2. The van der Waals surface area contributed by atoms with E-state index in [4.69, 9.17) is 45.6 Å². The maximum absolute atomic E-state index is 11.7. The standard InChI is InChI=1S/C9H14Cl3N3O4/c10-1-4(13)7(16)14-5(2-11)8(17)15-6(3-12)9(18)19/h4-6H,1-3,13H2,(H,14,16)(H,15,17)(H,18,19)/t4-,5+,6+/m1/s1. The highest BCUT2D eigenvalue weighted by Crippen LogP contribution is 1.95. The van der Waals surface area contributed by atoms with Crippen LogP contribution in [0, 0.1) is 0 Å². The van der Waals surface area contributed by atoms with E-state index in [1.807, 2.05) is 0 Å². The van der Waals surface area contributed by atoms with Gasteiger partial charge in [-0.25, -0.2) is 4.79 Å². The van der Waals surface area contributed by atoms with Crippen LogP contribution in [0.25, 0.3) is 0 Å². The Kier molecular flexibility index (Phi) is 8.82. The van der Waals surface area contributed by atoms with Gasteiger partial charge < -0.3 is 21.5 Å². The van der Waals surface area contributed by atoms with Crippen LogP contribution in [-0.4, -0.2) is 58.7 Å². The van der Waals surface area contributed by atoms with E-state index in [0.29, 0.717) is 0 Å². The molecule has 0 aromatic rings. The first kappa shape index (κ1) is 18.2. The van der Waals surface area contributed by atoms with Crippen molar-refractivity contribution in [3.63, 3.8) is 0 Å². The fourth-order valence-electron chi connectivity index (χ4n) is 0.962. The number of nitrogens with one attached hydrogen (secondary N) is 2. The topological polar surface area (TPSA) is 122 Å². The van der Waals surface area contributed by atoms with Crippen molar-refractivity contribution in [1.82, 2.24) is 10.6 Å². The maximum atomic E-state index is 11.7. The summed E-state index contributed by atoms with van der Waals surface area (Å²) in [5.41, 5.74) is 5.36. The highest BCUT2D eigenvalue weighted by Gasteiger charge is 2.26. The Morgan fingerprint density at radius 2 is 1.42 bits per heavy atom. The molecule has 10 heteroatoms. The number of aliphatic carboxylic acids is 1. The molecule has 0 aliphatic rings. The highest BCUT2D eigenvalue weighted by molar-refractivity contribution is 6.21. The van der Waals surface area contributed by atoms with Gasteiger partial charge in [-0.3, -0.25) is 9.59 Å². The Labute approximate surface area is 124 Å². The van der Waals surface area contributed by atoms with Crippen LogP contribution in [0.3, 0.4) is 0 Å². The maximum Gasteiger partial charge on any atom is 0.327 e. The Morgan fingerprint density at radius 3 is 1.79 bits per heavy atom. The summed E-state index contributed by atoms with van der Waals surface area (Å²) in [5.74, 6) is -3.40. The van der Waals surface area contributed by atoms with Crippen LogP contribution in [0.15, 0.2) is 0 Å². The number of carboxylic acid groups (broad SMARTS) is 1. The van der Waals surface area contributed by atoms with Gasteiger partial charge >= 0.3 is 5.97 Å². The predicted octanol–water partition coefficient (Wildman–Crippen LogP) is -0.916. The third-order valence-electron chi connectivity index (χ3n) is 2.06. The van der Waals surface area contributed by atoms with Gasteiger partial charge in [-0.15, -0.1) is 34.8 Å². The molecule has 0 aromatic carbocycles. The fourth-order valence-corrected chi connectivity index (χ4v) is 1.53. The number of hydrogen-bond donors (Lipinski definition) is 4. The molecule has 3 atom stereocenters. The van der Waals surface area contributed by atoms with Gasteiger partial charge in [0.15, 0.2) is 0 Å². The zero-order valence-corrected chi connectivity index (χ0v) is 12.0. The van der Waals surface area contributed by atoms with Crippen LogP contribution in [-0.2, 0) is 14.4 Å². The van der Waals surface area contributed by atoms with Crippen molar-refractivity contribution in [1.29, 1.82) is 0 Å². The van der Waals surface area contributed by atoms with E-state index in [2.05, 4.69) is 10.6 Å². The van der Waals surface area contributed by atoms with Crippen LogP contribution in [0.1, 0.15) is 0 Å². The second-order valence-electron chi connectivity index (χ2n) is 3.53. The zero-order valence-electron chi connectivity index (χ0n) is 9.74. The van der Waals surface area contributed by atoms with Gasteiger partial charge in [-0.05, 0) is 0 Å². The lowest BCUT2D eigenvalue weighted by molar-refractivity contribution is -0.141. The first-order valence-electron chi connectivity index (χ1n) is 5.14. The lowest BCUT2D eigenvalue weighted by atomic mass is 10.2. The summed E-state index contributed by atoms with van der Waals surface area (Å²) in [7, 11) is 0. The largest absolute Gasteiger partial charge is 0.480 e. The van der Waals surface area contributed by atoms with Gasteiger partial charge in [0.25, 0.3) is 0 Å². The Morgan fingerprint density at radius 1 is 0.947 bits per heavy atom. The third-order valence-corrected chi connectivity index (χ3v) is 3.01. The van der Waals surface area contributed by atoms with E-state index in [0.717, 1.165) is 0 Å². The van der Waals surface area contributed by atoms with Crippen LogP contribution in [0.2, 0.25) is 0 Å². The van der Waals surface area contributed by atoms with E-state index in [1.54, 1.807) is 0 Å². The quantitative estimate of drug-likeness (QED) is 0.428. The molecule has 0 saturated heterocycles. The molecule has 0 aliphatic carbocycles. The van der Waals surface area contributed by atoms with Gasteiger partial charge in [-0.1, -0.05) is 0 Å². The zero-order chi connectivity index (χ0) is 15.0. The SMILES string of the molecule is N[C@H](CCl)C(=O)N[C@@H](CCl)C(=O)N[C@@H](CCl)C(=O)O. The number of rotatable bonds is 8. The number of nitrogens with two attached hydrogens (primary N) is 1. The number of carboxylic acids is 1. The summed E-state index contributed by atoms with van der Waals surface area (Å²) >= 11 is 16.3. The number of carbonyl (C=O) groups excluding carboxylic acids is 2. The number of hydrogen-bond acceptors (Lipinski definition) is 4. The molecular formula is C9H14Cl3N3O4. The molecule has 0 saturated carbocycles. The summed E-state index contributed by atoms with van der Waals surface area (Å²) < 4.78 is 0. The van der Waals surface area contributed by atoms with Crippen LogP contribution >= 0.6 is 34.8 Å². The van der Waals surface area contributed by atoms with Crippen molar-refractivity contribution in [3.8, 4) is 0 Å². The second-order valence-corrected chi connectivity index (χ2v) is 4.46. The molecule has 19 heavy (non-hydrogen) atoms. The number of amides is 2. The second kappa shape index (κ2) is 9.19. The van der Waals surface area contributed by atoms with Gasteiger partial charge in [0.1, 0.15) is 12.1 Å². The summed E-state index contributed by atoms with van der Waals surface area (Å²) in [6.07, 6.45) is 0. The lowest BCUT2D eigenvalue weighted by Crippen LogP contribution is -2.55. The molecular weight excluding hydrogens is 320 g/mol. The summed E-state index contributed by atoms with van der Waals surface area (Å²) in [6, 6.07) is -3.37. The first-order chi connectivity index (χ1) is 8.87. The molecule has 0 radical (unpaired) electrons. The van der Waals surface area contributed by atoms with E-state index in [1.165, 1.54) is 0 Å². The molecule has 110 valence electrons. The van der Waals surface area contributed by atoms with E-state index < -0.39 is 35.9 Å². The van der Waals surface area contributed by atoms with Crippen LogP contribution in [0.5, 0.6) is 0 Å². The molecule has 0 spiro atoms. The van der Waals surface area contributed by atoms with E-state index >= 15 is 0 Å². The van der Waals surface area contributed by atoms with Crippen molar-refractivity contribution in [2.45, 2.75) is 18.1 Å². The Hall–Kier alpha value is -0.760. The monoisotopic (exact) mass is 333 g/mol. The molecule has 0 fully saturated rings.